The molecule has 788 valence electrons. The van der Waals surface area contributed by atoms with Gasteiger partial charge in [0.15, 0.2) is 23.0 Å². The molecular weight excluding hydrogens is 1990 g/mol. The summed E-state index contributed by atoms with van der Waals surface area (Å²) in [6, 6.07) is 35.9. The minimum Gasteiger partial charge on any atom is -0.768 e. The number of phenolic OH excluding ortho intramolecular Hbond substituents is 5. The summed E-state index contributed by atoms with van der Waals surface area (Å²) < 4.78 is 93.1. The van der Waals surface area contributed by atoms with E-state index in [4.69, 9.17) is 48.5 Å². The summed E-state index contributed by atoms with van der Waals surface area (Å²) in [5.41, 5.74) is 7.83. The van der Waals surface area contributed by atoms with Crippen LogP contribution < -0.4 is 175 Å². The van der Waals surface area contributed by atoms with Crippen molar-refractivity contribution in [3.63, 3.8) is 0 Å². The fraction of sp³-hybridized carbons (Fsp3) is 0.578. The largest absolute Gasteiger partial charge is 1.00 e. The Morgan fingerprint density at radius 2 is 0.897 bits per heavy atom. The summed E-state index contributed by atoms with van der Waals surface area (Å²) in [4.78, 5) is 51.5. The molecular formula is C109H158KN2Na3O26S4. The van der Waals surface area contributed by atoms with E-state index in [2.05, 4.69) is 162 Å². The van der Waals surface area contributed by atoms with Crippen molar-refractivity contribution in [3.05, 3.63) is 183 Å². The third kappa shape index (κ3) is 55.1. The first-order valence-electron chi connectivity index (χ1n) is 50.1. The quantitative estimate of drug-likeness (QED) is 0.00178. The van der Waals surface area contributed by atoms with E-state index >= 15 is 0 Å². The molecule has 145 heavy (non-hydrogen) atoms. The normalized spacial score (nSPS) is 14.6. The number of aromatic hydroxyl groups is 5. The molecule has 28 nitrogen and oxygen atoms in total. The number of esters is 2. The van der Waals surface area contributed by atoms with Crippen LogP contribution in [0, 0.1) is 6.92 Å². The van der Waals surface area contributed by atoms with Gasteiger partial charge >= 0.3 is 152 Å². The zero-order chi connectivity index (χ0) is 104. The molecule has 6 atom stereocenters. The van der Waals surface area contributed by atoms with Gasteiger partial charge in [-0.2, -0.15) is 4.33 Å². The molecule has 10 rings (SSSR count). The van der Waals surface area contributed by atoms with Crippen LogP contribution in [0.25, 0.3) is 0 Å². The van der Waals surface area contributed by atoms with Crippen LogP contribution in [0.5, 0.6) is 46.0 Å². The number of epoxide rings is 3. The van der Waals surface area contributed by atoms with Gasteiger partial charge in [-0.1, -0.05) is 274 Å². The monoisotopic (exact) mass is 2150 g/mol. The molecule has 7 aromatic rings. The summed E-state index contributed by atoms with van der Waals surface area (Å²) in [5.74, 6) is -1.64. The third-order valence-electron chi connectivity index (χ3n) is 25.8. The van der Waals surface area contributed by atoms with Crippen LogP contribution in [0.3, 0.4) is 0 Å². The van der Waals surface area contributed by atoms with Gasteiger partial charge in [-0.15, -0.1) is 0 Å². The van der Waals surface area contributed by atoms with Crippen LogP contribution in [-0.2, 0) is 81.5 Å². The number of benzene rings is 7. The Labute approximate surface area is 985 Å². The molecule has 0 bridgehead atoms. The minimum atomic E-state index is -2.77. The van der Waals surface area contributed by atoms with E-state index in [1.807, 2.05) is 32.9 Å². The number of hydrogen-bond acceptors (Lipinski definition) is 28. The maximum Gasteiger partial charge on any atom is 1.00 e. The average molecular weight is 2150 g/mol. The van der Waals surface area contributed by atoms with Gasteiger partial charge in [-0.25, -0.2) is 13.8 Å². The van der Waals surface area contributed by atoms with Gasteiger partial charge in [0.05, 0.1) is 92.1 Å². The second-order valence-electron chi connectivity index (χ2n) is 38.8. The van der Waals surface area contributed by atoms with Crippen molar-refractivity contribution in [3.8, 4) is 46.0 Å². The van der Waals surface area contributed by atoms with Crippen molar-refractivity contribution >= 4 is 70.3 Å². The summed E-state index contributed by atoms with van der Waals surface area (Å²) >= 11 is -4.53. The molecule has 2 amide bonds. The number of nitrogens with one attached hydrogen (secondary N) is 2. The van der Waals surface area contributed by atoms with E-state index in [0.29, 0.717) is 128 Å². The van der Waals surface area contributed by atoms with Gasteiger partial charge in [-0.3, -0.25) is 18.8 Å². The molecule has 0 saturated carbocycles. The number of carbonyl (C=O) groups is 4. The van der Waals surface area contributed by atoms with E-state index in [0.717, 1.165) is 107 Å². The summed E-state index contributed by atoms with van der Waals surface area (Å²) in [6.45, 7) is 41.2. The second kappa shape index (κ2) is 75.8. The Morgan fingerprint density at radius 1 is 0.483 bits per heavy atom. The number of unbranched alkanes of at least 4 members (excludes halogenated alkanes) is 17. The summed E-state index contributed by atoms with van der Waals surface area (Å²) in [7, 11) is 0. The van der Waals surface area contributed by atoms with E-state index in [9.17, 15) is 57.4 Å². The zero-order valence-electron chi connectivity index (χ0n) is 90.1. The minimum absolute atomic E-state index is 0. The standard InChI is InChI=1S/C46H68N2O6S.C30H46O6.C11H22O.C9H12O5S.C7H8O.C6H6O7S2.K.3Na/c1-13-43(5,6)34-19-21-39(37(30-34)45(9,10)15-3)52-25-17-23-47-41(49)32-27-33(29-36(28-32)55-54-51)42(50)48-24-18-26-53-40-22-20-35(44(7,8)14-2)31-38(40)46(11,12)16-4;31-29(33-21-15-9-5-1-3-7-11-17-25-23-35-25)27-19-13-14-20-28(27)30(32)34-22-16-10-6-2-4-8-12-18-26-24-36-26;1-3-4-5-6-7-8-9-11-10(2)12-11;1-5(2)6-3-8(11)9(4-7(6)10)14-15(12)13;1-6-2-4-7(8)5-3-6;7-4-1-3(14-13-12-9)2-5(6(4)8)15(10)11;;;;/h19-22,27-31,51H,13-18,23-26H2,1-12H3,(H,47,49)(H,48,50);13-14,19-20,25-26H,1-12,15-18,21-24H2;10-11H,3-9H2,1-2H3;3-5,10-11H,1-2H3,(H,12,13);2-5,8H,1H3;1-2,7-9H,(H,10,11);;;;/q;;;;;;4*+1/p-4. The zero-order valence-corrected chi connectivity index (χ0v) is 103. The van der Waals surface area contributed by atoms with E-state index in [1.165, 1.54) is 149 Å². The molecule has 0 radical (unpaired) electrons. The Morgan fingerprint density at radius 3 is 1.28 bits per heavy atom. The number of rotatable bonds is 58. The molecule has 0 spiro atoms. The fourth-order valence-electron chi connectivity index (χ4n) is 14.8. The Hall–Kier alpha value is -3.94. The molecule has 6 unspecified atom stereocenters. The number of aryl methyl sites for hydroxylation is 1. The molecule has 3 fully saturated rings. The molecule has 0 aromatic heterocycles. The molecule has 7 N–H and O–H groups in total. The van der Waals surface area contributed by atoms with Gasteiger partial charge in [-0.05, 0) is 207 Å². The Bertz CT molecular complexity index is 4710. The summed E-state index contributed by atoms with van der Waals surface area (Å²) in [6.07, 6.45) is 35.8. The maximum absolute atomic E-state index is 13.2. The second-order valence-corrected chi connectivity index (χ2v) is 41.8. The van der Waals surface area contributed by atoms with Crippen molar-refractivity contribution in [1.29, 1.82) is 0 Å². The van der Waals surface area contributed by atoms with Crippen LogP contribution in [0.15, 0.2) is 142 Å². The van der Waals surface area contributed by atoms with Crippen molar-refractivity contribution < 1.29 is 264 Å². The van der Waals surface area contributed by atoms with Crippen molar-refractivity contribution in [2.24, 2.45) is 0 Å². The molecule has 3 aliphatic rings. The molecule has 3 saturated heterocycles. The Kier molecular flexibility index (Phi) is 72.7. The van der Waals surface area contributed by atoms with Crippen LogP contribution in [0.2, 0.25) is 0 Å². The number of hydrogen-bond donors (Lipinski definition) is 7. The fourth-order valence-corrected chi connectivity index (χ4v) is 16.5. The number of phenols is 5. The van der Waals surface area contributed by atoms with Gasteiger partial charge < -0.3 is 97.5 Å². The summed E-state index contributed by atoms with van der Waals surface area (Å²) in [5, 5.41) is 75.3. The first kappa shape index (κ1) is 139. The Balaban J connectivity index is 0.000000987. The maximum atomic E-state index is 13.2. The SMILES string of the molecule is CC(C)c1cc(O)c(OS(=O)[O-])cc1O.CCC(C)(C)c1ccc(OCCCNC(=O)c2cc(SO[O-])cc(C(=O)NCCCOc3ccc(C(C)(C)CC)cc3C(C)(C)CC)c2)c(C(C)(C)CC)c1.CCCCCCCCC1OC1C.Cc1ccc(O)cc1.O=C(OCCCCCCCCCC1CO1)c1ccccc1C(=O)OCCCCCCCCCC1CO1.O=S([O-])c1cc(SOO[O-])cc(O)c1O.[K+].[Na+].[Na+].[Na+]. The topological polar surface area (TPSA) is 431 Å². The van der Waals surface area contributed by atoms with Crippen LogP contribution in [-0.4, -0.2) is 144 Å². The van der Waals surface area contributed by atoms with Crippen LogP contribution in [0.4, 0.5) is 0 Å². The smallest absolute Gasteiger partial charge is 0.768 e. The van der Waals surface area contributed by atoms with E-state index < -0.39 is 50.8 Å². The van der Waals surface area contributed by atoms with Crippen LogP contribution in [0.1, 0.15) is 378 Å². The molecule has 3 aliphatic heterocycles. The predicted molar refractivity (Wildman–Crippen MR) is 548 cm³/mol. The molecule has 7 aromatic carbocycles. The molecule has 3 heterocycles. The van der Waals surface area contributed by atoms with E-state index in [-0.39, 0.29) is 213 Å². The van der Waals surface area contributed by atoms with Crippen molar-refractivity contribution in [2.45, 2.75) is 371 Å². The van der Waals surface area contributed by atoms with Gasteiger partial charge in [0.1, 0.15) is 34.4 Å². The van der Waals surface area contributed by atoms with Crippen LogP contribution >= 0.6 is 24.1 Å². The van der Waals surface area contributed by atoms with Crippen molar-refractivity contribution in [1.82, 2.24) is 10.6 Å². The van der Waals surface area contributed by atoms with Gasteiger partial charge in [0.2, 0.25) is 0 Å². The van der Waals surface area contributed by atoms with Crippen molar-refractivity contribution in [2.75, 3.05) is 52.7 Å². The predicted octanol–water partition coefficient (Wildman–Crippen LogP) is 11.4. The average Bonchev–Trinajstić information content (AvgIpc) is 1.69. The van der Waals surface area contributed by atoms with Gasteiger partial charge in [0, 0.05) is 68.8 Å². The number of ether oxygens (including phenoxy) is 7. The molecule has 36 heteroatoms. The van der Waals surface area contributed by atoms with E-state index in [1.54, 1.807) is 48.5 Å². The first-order chi connectivity index (χ1) is 67.2. The third-order valence-corrected chi connectivity index (χ3v) is 27.8. The number of amides is 2. The van der Waals surface area contributed by atoms with Gasteiger partial charge in [0.25, 0.3) is 11.8 Å². The molecule has 0 aliphatic carbocycles. The first-order valence-corrected chi connectivity index (χ1v) is 53.7. The number of carbonyl (C=O) groups excluding carboxylic acids is 4.